The van der Waals surface area contributed by atoms with Gasteiger partial charge >= 0.3 is 0 Å². The van der Waals surface area contributed by atoms with Gasteiger partial charge in [-0.1, -0.05) is 35.5 Å². The molecule has 0 radical (unpaired) electrons. The molecule has 1 aromatic carbocycles. The van der Waals surface area contributed by atoms with Crippen LogP contribution < -0.4 is 0 Å². The molecule has 112 valence electrons. The van der Waals surface area contributed by atoms with Crippen LogP contribution in [0.5, 0.6) is 0 Å². The smallest absolute Gasteiger partial charge is 0.226 e. The molecule has 0 spiro atoms. The molecule has 1 saturated heterocycles. The molecule has 0 saturated carbocycles. The van der Waals surface area contributed by atoms with Crippen molar-refractivity contribution in [1.82, 2.24) is 10.1 Å². The summed E-state index contributed by atoms with van der Waals surface area (Å²) in [6, 6.07) is 10.2. The molecule has 0 unspecified atom stereocenters. The zero-order valence-electron chi connectivity index (χ0n) is 12.0. The summed E-state index contributed by atoms with van der Waals surface area (Å²) in [5.74, 6) is 1.78. The Labute approximate surface area is 124 Å². The van der Waals surface area contributed by atoms with Gasteiger partial charge in [0.25, 0.3) is 0 Å². The van der Waals surface area contributed by atoms with Gasteiger partial charge < -0.3 is 14.0 Å². The van der Waals surface area contributed by atoms with E-state index in [4.69, 9.17) is 14.0 Å². The number of ether oxygens (including phenoxy) is 2. The molecule has 0 N–H and O–H groups in total. The summed E-state index contributed by atoms with van der Waals surface area (Å²) in [7, 11) is 0. The lowest BCUT2D eigenvalue weighted by atomic mass is 10.1. The molecule has 1 atom stereocenters. The van der Waals surface area contributed by atoms with Crippen LogP contribution >= 0.6 is 0 Å². The predicted molar refractivity (Wildman–Crippen MR) is 76.9 cm³/mol. The summed E-state index contributed by atoms with van der Waals surface area (Å²) in [4.78, 5) is 4.43. The van der Waals surface area contributed by atoms with E-state index in [0.717, 1.165) is 31.7 Å². The standard InChI is InChI=1S/C16H20N2O3/c1-2-5-13(6-3-1)11-19-9-4-7-15-17-16(18-21-15)14-8-10-20-12-14/h1-3,5-6,14H,4,7-12H2/t14-/m0/s1. The van der Waals surface area contributed by atoms with E-state index in [1.54, 1.807) is 0 Å². The van der Waals surface area contributed by atoms with Gasteiger partial charge in [-0.3, -0.25) is 0 Å². The van der Waals surface area contributed by atoms with Crippen molar-refractivity contribution >= 4 is 0 Å². The van der Waals surface area contributed by atoms with E-state index in [9.17, 15) is 0 Å². The largest absolute Gasteiger partial charge is 0.381 e. The fourth-order valence-electron chi connectivity index (χ4n) is 2.36. The Balaban J connectivity index is 1.35. The number of aryl methyl sites for hydroxylation is 1. The quantitative estimate of drug-likeness (QED) is 0.733. The second-order valence-corrected chi connectivity index (χ2v) is 5.25. The number of rotatable bonds is 7. The Morgan fingerprint density at radius 1 is 1.24 bits per heavy atom. The van der Waals surface area contributed by atoms with Gasteiger partial charge in [-0.15, -0.1) is 0 Å². The minimum absolute atomic E-state index is 0.303. The maximum Gasteiger partial charge on any atom is 0.226 e. The molecule has 1 aliphatic rings. The maximum absolute atomic E-state index is 5.64. The zero-order valence-corrected chi connectivity index (χ0v) is 12.0. The summed E-state index contributed by atoms with van der Waals surface area (Å²) in [6.45, 7) is 2.84. The van der Waals surface area contributed by atoms with Gasteiger partial charge in [0.05, 0.1) is 13.2 Å². The number of aromatic nitrogens is 2. The number of benzene rings is 1. The Hall–Kier alpha value is -1.72. The molecule has 5 nitrogen and oxygen atoms in total. The molecule has 0 bridgehead atoms. The van der Waals surface area contributed by atoms with Gasteiger partial charge in [0.15, 0.2) is 5.82 Å². The number of nitrogens with zero attached hydrogens (tertiary/aromatic N) is 2. The fraction of sp³-hybridized carbons (Fsp3) is 0.500. The molecule has 2 aromatic rings. The first-order valence-corrected chi connectivity index (χ1v) is 7.44. The summed E-state index contributed by atoms with van der Waals surface area (Å²) >= 11 is 0. The topological polar surface area (TPSA) is 57.4 Å². The second kappa shape index (κ2) is 7.33. The monoisotopic (exact) mass is 288 g/mol. The second-order valence-electron chi connectivity index (χ2n) is 5.25. The van der Waals surface area contributed by atoms with Crippen LogP contribution in [0.4, 0.5) is 0 Å². The highest BCUT2D eigenvalue weighted by atomic mass is 16.5. The van der Waals surface area contributed by atoms with Crippen molar-refractivity contribution in [3.8, 4) is 0 Å². The van der Waals surface area contributed by atoms with Crippen LogP contribution in [0.2, 0.25) is 0 Å². The van der Waals surface area contributed by atoms with Gasteiger partial charge in [0.1, 0.15) is 0 Å². The maximum atomic E-state index is 5.64. The van der Waals surface area contributed by atoms with Gasteiger partial charge in [-0.25, -0.2) is 0 Å². The Morgan fingerprint density at radius 2 is 2.14 bits per heavy atom. The zero-order chi connectivity index (χ0) is 14.3. The Morgan fingerprint density at radius 3 is 2.95 bits per heavy atom. The van der Waals surface area contributed by atoms with E-state index < -0.39 is 0 Å². The first-order chi connectivity index (χ1) is 10.4. The van der Waals surface area contributed by atoms with E-state index in [2.05, 4.69) is 22.3 Å². The van der Waals surface area contributed by atoms with Gasteiger partial charge in [0, 0.05) is 25.6 Å². The molecule has 2 heterocycles. The van der Waals surface area contributed by atoms with Crippen LogP contribution in [0, 0.1) is 0 Å². The van der Waals surface area contributed by atoms with E-state index in [-0.39, 0.29) is 0 Å². The minimum Gasteiger partial charge on any atom is -0.381 e. The van der Waals surface area contributed by atoms with Crippen LogP contribution in [-0.4, -0.2) is 30.0 Å². The van der Waals surface area contributed by atoms with Crippen LogP contribution in [0.25, 0.3) is 0 Å². The molecule has 0 amide bonds. The van der Waals surface area contributed by atoms with Crippen LogP contribution in [0.3, 0.4) is 0 Å². The lowest BCUT2D eigenvalue weighted by molar-refractivity contribution is 0.117. The highest BCUT2D eigenvalue weighted by Crippen LogP contribution is 2.22. The fourth-order valence-corrected chi connectivity index (χ4v) is 2.36. The van der Waals surface area contributed by atoms with Crippen molar-refractivity contribution in [1.29, 1.82) is 0 Å². The van der Waals surface area contributed by atoms with Crippen LogP contribution in [-0.2, 0) is 22.5 Å². The van der Waals surface area contributed by atoms with Crippen LogP contribution in [0.1, 0.15) is 36.0 Å². The lowest BCUT2D eigenvalue weighted by Gasteiger charge is -2.02. The highest BCUT2D eigenvalue weighted by Gasteiger charge is 2.22. The third-order valence-corrected chi connectivity index (χ3v) is 3.57. The normalized spacial score (nSPS) is 18.2. The van der Waals surface area contributed by atoms with Gasteiger partial charge in [-0.2, -0.15) is 4.98 Å². The lowest BCUT2D eigenvalue weighted by Crippen LogP contribution is -2.01. The van der Waals surface area contributed by atoms with E-state index in [1.165, 1.54) is 5.56 Å². The third kappa shape index (κ3) is 4.12. The number of hydrogen-bond donors (Lipinski definition) is 0. The molecule has 1 fully saturated rings. The molecule has 3 rings (SSSR count). The third-order valence-electron chi connectivity index (χ3n) is 3.57. The molecule has 21 heavy (non-hydrogen) atoms. The van der Waals surface area contributed by atoms with Crippen molar-refractivity contribution in [2.75, 3.05) is 19.8 Å². The Bertz CT molecular complexity index is 535. The van der Waals surface area contributed by atoms with Crippen molar-refractivity contribution in [2.45, 2.75) is 31.8 Å². The van der Waals surface area contributed by atoms with E-state index in [1.807, 2.05) is 18.2 Å². The molecular weight excluding hydrogens is 268 g/mol. The Kier molecular flexibility index (Phi) is 4.97. The van der Waals surface area contributed by atoms with Crippen molar-refractivity contribution in [2.24, 2.45) is 0 Å². The SMILES string of the molecule is c1ccc(COCCCc2nc([C@H]3CCOC3)no2)cc1. The van der Waals surface area contributed by atoms with Gasteiger partial charge in [-0.05, 0) is 18.4 Å². The number of hydrogen-bond acceptors (Lipinski definition) is 5. The average Bonchev–Trinajstić information content (AvgIpc) is 3.19. The summed E-state index contributed by atoms with van der Waals surface area (Å²) < 4.78 is 16.2. The molecular formula is C16H20N2O3. The van der Waals surface area contributed by atoms with Crippen molar-refractivity contribution in [3.63, 3.8) is 0 Å². The first-order valence-electron chi connectivity index (χ1n) is 7.44. The summed E-state index contributed by atoms with van der Waals surface area (Å²) in [5.41, 5.74) is 1.19. The van der Waals surface area contributed by atoms with Crippen LogP contribution in [0.15, 0.2) is 34.9 Å². The summed E-state index contributed by atoms with van der Waals surface area (Å²) in [5, 5.41) is 4.04. The molecule has 1 aliphatic heterocycles. The summed E-state index contributed by atoms with van der Waals surface area (Å²) in [6.07, 6.45) is 2.63. The highest BCUT2D eigenvalue weighted by molar-refractivity contribution is 5.13. The van der Waals surface area contributed by atoms with Crippen molar-refractivity contribution in [3.05, 3.63) is 47.6 Å². The predicted octanol–water partition coefficient (Wildman–Crippen LogP) is 2.72. The van der Waals surface area contributed by atoms with Gasteiger partial charge in [0.2, 0.25) is 5.89 Å². The average molecular weight is 288 g/mol. The molecule has 0 aliphatic carbocycles. The van der Waals surface area contributed by atoms with Crippen molar-refractivity contribution < 1.29 is 14.0 Å². The van der Waals surface area contributed by atoms with E-state index in [0.29, 0.717) is 31.6 Å². The molecule has 5 heteroatoms. The molecule has 1 aromatic heterocycles. The first kappa shape index (κ1) is 14.2. The minimum atomic E-state index is 0.303. The van der Waals surface area contributed by atoms with E-state index >= 15 is 0 Å².